The second-order valence-electron chi connectivity index (χ2n) is 3.66. The predicted molar refractivity (Wildman–Crippen MR) is 54.6 cm³/mol. The number of rotatable bonds is 2. The number of benzene rings is 1. The predicted octanol–water partition coefficient (Wildman–Crippen LogP) is 0.884. The largest absolute Gasteiger partial charge is 0.324 e. The molecule has 0 atom stereocenters. The van der Waals surface area contributed by atoms with Gasteiger partial charge >= 0.3 is 0 Å². The standard InChI is InChI=1S/C11H14N2O/c1-9-2-4-10(5-3-9)7-13-8-12-6-11(13)14/h2-5,12H,6-8H2,1H3. The van der Waals surface area contributed by atoms with Crippen molar-refractivity contribution in [3.05, 3.63) is 35.4 Å². The fraction of sp³-hybridized carbons (Fsp3) is 0.364. The van der Waals surface area contributed by atoms with Crippen molar-refractivity contribution in [1.29, 1.82) is 0 Å². The highest BCUT2D eigenvalue weighted by Crippen LogP contribution is 2.08. The molecule has 1 fully saturated rings. The lowest BCUT2D eigenvalue weighted by molar-refractivity contribution is -0.127. The van der Waals surface area contributed by atoms with Crippen molar-refractivity contribution in [3.63, 3.8) is 0 Å². The minimum atomic E-state index is 0.186. The average Bonchev–Trinajstić information content (AvgIpc) is 2.56. The van der Waals surface area contributed by atoms with Crippen LogP contribution in [0.3, 0.4) is 0 Å². The molecule has 0 aliphatic carbocycles. The molecule has 1 amide bonds. The van der Waals surface area contributed by atoms with E-state index in [1.165, 1.54) is 11.1 Å². The van der Waals surface area contributed by atoms with Crippen molar-refractivity contribution in [2.75, 3.05) is 13.2 Å². The van der Waals surface area contributed by atoms with E-state index in [1.807, 2.05) is 4.90 Å². The van der Waals surface area contributed by atoms with E-state index in [1.54, 1.807) is 0 Å². The van der Waals surface area contributed by atoms with E-state index >= 15 is 0 Å². The molecule has 0 bridgehead atoms. The van der Waals surface area contributed by atoms with Gasteiger partial charge in [0.05, 0.1) is 13.2 Å². The van der Waals surface area contributed by atoms with Crippen molar-refractivity contribution in [2.45, 2.75) is 13.5 Å². The number of amides is 1. The number of carbonyl (C=O) groups is 1. The van der Waals surface area contributed by atoms with E-state index in [4.69, 9.17) is 0 Å². The molecule has 1 aliphatic rings. The van der Waals surface area contributed by atoms with Gasteiger partial charge in [0.2, 0.25) is 5.91 Å². The summed E-state index contributed by atoms with van der Waals surface area (Å²) in [5.41, 5.74) is 2.44. The Hall–Kier alpha value is -1.35. The van der Waals surface area contributed by atoms with Crippen LogP contribution in [0.1, 0.15) is 11.1 Å². The monoisotopic (exact) mass is 190 g/mol. The molecule has 74 valence electrons. The minimum absolute atomic E-state index is 0.186. The number of nitrogens with one attached hydrogen (secondary N) is 1. The molecule has 3 nitrogen and oxygen atoms in total. The fourth-order valence-electron chi connectivity index (χ4n) is 1.56. The minimum Gasteiger partial charge on any atom is -0.324 e. The molecular formula is C11H14N2O. The van der Waals surface area contributed by atoms with Gasteiger partial charge < -0.3 is 4.90 Å². The van der Waals surface area contributed by atoms with Gasteiger partial charge in [0.15, 0.2) is 0 Å². The van der Waals surface area contributed by atoms with Crippen molar-refractivity contribution >= 4 is 5.91 Å². The van der Waals surface area contributed by atoms with Crippen LogP contribution < -0.4 is 5.32 Å². The van der Waals surface area contributed by atoms with Crippen LogP contribution in [0.15, 0.2) is 24.3 Å². The Balaban J connectivity index is 2.03. The summed E-state index contributed by atoms with van der Waals surface area (Å²) in [6.07, 6.45) is 0. The SMILES string of the molecule is Cc1ccc(CN2CNCC2=O)cc1. The van der Waals surface area contributed by atoms with Gasteiger partial charge in [-0.15, -0.1) is 0 Å². The molecule has 2 rings (SSSR count). The molecule has 0 spiro atoms. The maximum Gasteiger partial charge on any atom is 0.237 e. The number of hydrogen-bond acceptors (Lipinski definition) is 2. The summed E-state index contributed by atoms with van der Waals surface area (Å²) in [5.74, 6) is 0.186. The van der Waals surface area contributed by atoms with Crippen molar-refractivity contribution in [3.8, 4) is 0 Å². The van der Waals surface area contributed by atoms with Crippen molar-refractivity contribution < 1.29 is 4.79 Å². The Morgan fingerprint density at radius 2 is 2.07 bits per heavy atom. The third-order valence-electron chi connectivity index (χ3n) is 2.43. The first-order chi connectivity index (χ1) is 6.75. The molecule has 0 saturated carbocycles. The maximum atomic E-state index is 11.3. The highest BCUT2D eigenvalue weighted by Gasteiger charge is 2.18. The molecule has 0 unspecified atom stereocenters. The Morgan fingerprint density at radius 1 is 1.36 bits per heavy atom. The van der Waals surface area contributed by atoms with Gasteiger partial charge in [-0.25, -0.2) is 0 Å². The Bertz CT molecular complexity index is 332. The van der Waals surface area contributed by atoms with E-state index < -0.39 is 0 Å². The molecule has 3 heteroatoms. The van der Waals surface area contributed by atoms with Crippen LogP contribution in [-0.4, -0.2) is 24.0 Å². The summed E-state index contributed by atoms with van der Waals surface area (Å²) in [6.45, 7) is 3.93. The zero-order valence-corrected chi connectivity index (χ0v) is 8.29. The van der Waals surface area contributed by atoms with Crippen molar-refractivity contribution in [2.24, 2.45) is 0 Å². The topological polar surface area (TPSA) is 32.3 Å². The molecule has 0 radical (unpaired) electrons. The van der Waals surface area contributed by atoms with E-state index in [0.29, 0.717) is 19.8 Å². The van der Waals surface area contributed by atoms with Gasteiger partial charge in [0, 0.05) is 6.54 Å². The van der Waals surface area contributed by atoms with Gasteiger partial charge in [0.25, 0.3) is 0 Å². The van der Waals surface area contributed by atoms with Crippen LogP contribution in [0.2, 0.25) is 0 Å². The molecule has 1 aromatic carbocycles. The average molecular weight is 190 g/mol. The van der Waals surface area contributed by atoms with Crippen LogP contribution in [0.4, 0.5) is 0 Å². The molecule has 1 heterocycles. The molecule has 14 heavy (non-hydrogen) atoms. The van der Waals surface area contributed by atoms with Crippen LogP contribution in [0.25, 0.3) is 0 Å². The number of carbonyl (C=O) groups excluding carboxylic acids is 1. The molecule has 1 N–H and O–H groups in total. The smallest absolute Gasteiger partial charge is 0.237 e. The Morgan fingerprint density at radius 3 is 2.64 bits per heavy atom. The number of nitrogens with zero attached hydrogens (tertiary/aromatic N) is 1. The van der Waals surface area contributed by atoms with Crippen LogP contribution in [-0.2, 0) is 11.3 Å². The lowest BCUT2D eigenvalue weighted by Crippen LogP contribution is -2.25. The van der Waals surface area contributed by atoms with Crippen LogP contribution >= 0.6 is 0 Å². The first kappa shape index (κ1) is 9.21. The summed E-state index contributed by atoms with van der Waals surface area (Å²) in [5, 5.41) is 3.03. The molecule has 1 saturated heterocycles. The Kier molecular flexibility index (Phi) is 2.50. The zero-order valence-electron chi connectivity index (χ0n) is 8.29. The first-order valence-corrected chi connectivity index (χ1v) is 4.80. The van der Waals surface area contributed by atoms with Gasteiger partial charge in [0.1, 0.15) is 0 Å². The van der Waals surface area contributed by atoms with Gasteiger partial charge in [-0.05, 0) is 12.5 Å². The third-order valence-corrected chi connectivity index (χ3v) is 2.43. The lowest BCUT2D eigenvalue weighted by Gasteiger charge is -2.14. The van der Waals surface area contributed by atoms with E-state index in [2.05, 4.69) is 36.5 Å². The summed E-state index contributed by atoms with van der Waals surface area (Å²) in [6, 6.07) is 8.29. The molecule has 1 aliphatic heterocycles. The third kappa shape index (κ3) is 1.93. The summed E-state index contributed by atoms with van der Waals surface area (Å²) in [4.78, 5) is 13.1. The Labute approximate surface area is 83.7 Å². The first-order valence-electron chi connectivity index (χ1n) is 4.80. The van der Waals surface area contributed by atoms with Gasteiger partial charge in [-0.2, -0.15) is 0 Å². The molecule has 0 aromatic heterocycles. The summed E-state index contributed by atoms with van der Waals surface area (Å²) in [7, 11) is 0. The lowest BCUT2D eigenvalue weighted by atomic mass is 10.1. The molecular weight excluding hydrogens is 176 g/mol. The van der Waals surface area contributed by atoms with Gasteiger partial charge in [-0.3, -0.25) is 10.1 Å². The maximum absolute atomic E-state index is 11.3. The second-order valence-corrected chi connectivity index (χ2v) is 3.66. The number of hydrogen-bond donors (Lipinski definition) is 1. The highest BCUT2D eigenvalue weighted by atomic mass is 16.2. The molecule has 1 aromatic rings. The van der Waals surface area contributed by atoms with Gasteiger partial charge in [-0.1, -0.05) is 29.8 Å². The number of aryl methyl sites for hydroxylation is 1. The van der Waals surface area contributed by atoms with Crippen LogP contribution in [0.5, 0.6) is 0 Å². The quantitative estimate of drug-likeness (QED) is 0.751. The second kappa shape index (κ2) is 3.80. The van der Waals surface area contributed by atoms with Crippen LogP contribution in [0, 0.1) is 6.92 Å². The highest BCUT2D eigenvalue weighted by molar-refractivity contribution is 5.79. The normalized spacial score (nSPS) is 16.4. The summed E-state index contributed by atoms with van der Waals surface area (Å²) < 4.78 is 0. The van der Waals surface area contributed by atoms with E-state index in [9.17, 15) is 4.79 Å². The van der Waals surface area contributed by atoms with E-state index in [-0.39, 0.29) is 5.91 Å². The van der Waals surface area contributed by atoms with E-state index in [0.717, 1.165) is 0 Å². The summed E-state index contributed by atoms with van der Waals surface area (Å²) >= 11 is 0. The van der Waals surface area contributed by atoms with Crippen molar-refractivity contribution in [1.82, 2.24) is 10.2 Å². The fourth-order valence-corrected chi connectivity index (χ4v) is 1.56. The zero-order chi connectivity index (χ0) is 9.97.